The molecule has 1 aliphatic rings. The van der Waals surface area contributed by atoms with Gasteiger partial charge in [-0.15, -0.1) is 0 Å². The maximum atomic E-state index is 12.6. The van der Waals surface area contributed by atoms with Gasteiger partial charge in [0.1, 0.15) is 17.2 Å². The predicted molar refractivity (Wildman–Crippen MR) is 113 cm³/mol. The summed E-state index contributed by atoms with van der Waals surface area (Å²) in [6.45, 7) is 8.72. The van der Waals surface area contributed by atoms with Crippen LogP contribution in [0.25, 0.3) is 11.3 Å². The van der Waals surface area contributed by atoms with Crippen molar-refractivity contribution in [2.45, 2.75) is 45.8 Å². The van der Waals surface area contributed by atoms with E-state index < -0.39 is 5.60 Å². The Morgan fingerprint density at radius 1 is 1.21 bits per heavy atom. The quantitative estimate of drug-likeness (QED) is 0.787. The Morgan fingerprint density at radius 2 is 1.93 bits per heavy atom. The number of pyridine rings is 1. The molecule has 0 spiro atoms. The van der Waals surface area contributed by atoms with Crippen LogP contribution >= 0.6 is 0 Å². The maximum Gasteiger partial charge on any atom is 0.312 e. The van der Waals surface area contributed by atoms with Gasteiger partial charge < -0.3 is 19.5 Å². The Kier molecular flexibility index (Phi) is 6.13. The average molecular weight is 399 g/mol. The molecule has 6 nitrogen and oxygen atoms in total. The molecule has 1 fully saturated rings. The summed E-state index contributed by atoms with van der Waals surface area (Å²) in [4.78, 5) is 19.4. The number of nitrogens with zero attached hydrogens (tertiary/aromatic N) is 2. The van der Waals surface area contributed by atoms with E-state index in [0.717, 1.165) is 11.4 Å². The lowest BCUT2D eigenvalue weighted by Crippen LogP contribution is -2.49. The molecule has 156 valence electrons. The summed E-state index contributed by atoms with van der Waals surface area (Å²) < 4.78 is 11.2. The van der Waals surface area contributed by atoms with Crippen LogP contribution in [0, 0.1) is 12.8 Å². The summed E-state index contributed by atoms with van der Waals surface area (Å²) in [7, 11) is 1.63. The number of aryl methyl sites for hydroxylation is 1. The molecule has 1 aromatic carbocycles. The number of ether oxygens (including phenoxy) is 2. The number of esters is 1. The number of carbonyl (C=O) groups is 1. The first-order valence-corrected chi connectivity index (χ1v) is 9.96. The maximum absolute atomic E-state index is 12.6. The highest BCUT2D eigenvalue weighted by Gasteiger charge is 2.37. The van der Waals surface area contributed by atoms with Gasteiger partial charge in [-0.05, 0) is 57.9 Å². The van der Waals surface area contributed by atoms with Gasteiger partial charge in [0.25, 0.3) is 0 Å². The van der Waals surface area contributed by atoms with E-state index in [9.17, 15) is 9.90 Å². The molecule has 3 rings (SSSR count). The molecule has 1 N–H and O–H groups in total. The smallest absolute Gasteiger partial charge is 0.312 e. The Hall–Kier alpha value is -2.60. The van der Waals surface area contributed by atoms with Crippen LogP contribution < -0.4 is 4.90 Å². The molecule has 0 bridgehead atoms. The molecule has 2 atom stereocenters. The third kappa shape index (κ3) is 4.88. The molecule has 2 heterocycles. The van der Waals surface area contributed by atoms with Crippen LogP contribution in [0.3, 0.4) is 0 Å². The van der Waals surface area contributed by atoms with Gasteiger partial charge in [-0.2, -0.15) is 0 Å². The van der Waals surface area contributed by atoms with Crippen molar-refractivity contribution >= 4 is 11.8 Å². The molecule has 29 heavy (non-hydrogen) atoms. The Morgan fingerprint density at radius 3 is 2.62 bits per heavy atom. The minimum Gasteiger partial charge on any atom is -0.507 e. The zero-order chi connectivity index (χ0) is 21.2. The number of anilines is 1. The highest BCUT2D eigenvalue weighted by molar-refractivity contribution is 5.74. The molecule has 0 aliphatic carbocycles. The number of phenols is 1. The van der Waals surface area contributed by atoms with E-state index in [1.807, 2.05) is 64.1 Å². The molecule has 1 aliphatic heterocycles. The number of aromatic hydroxyl groups is 1. The molecule has 1 aromatic heterocycles. The van der Waals surface area contributed by atoms with Gasteiger partial charge in [-0.1, -0.05) is 18.2 Å². The van der Waals surface area contributed by atoms with E-state index in [1.165, 1.54) is 0 Å². The number of methoxy groups -OCH3 is 1. The van der Waals surface area contributed by atoms with Crippen LogP contribution in [-0.4, -0.2) is 48.0 Å². The fraction of sp³-hybridized carbons (Fsp3) is 0.478. The lowest BCUT2D eigenvalue weighted by atomic mass is 9.93. The number of piperidine rings is 1. The summed E-state index contributed by atoms with van der Waals surface area (Å²) in [5.74, 6) is 0.540. The summed E-state index contributed by atoms with van der Waals surface area (Å²) in [6.07, 6.45) is 0.367. The van der Waals surface area contributed by atoms with E-state index >= 15 is 0 Å². The van der Waals surface area contributed by atoms with E-state index in [2.05, 4.69) is 4.90 Å². The van der Waals surface area contributed by atoms with Crippen LogP contribution in [0.4, 0.5) is 5.82 Å². The number of benzene rings is 1. The van der Waals surface area contributed by atoms with Gasteiger partial charge in [-0.25, -0.2) is 4.98 Å². The number of phenolic OH excluding ortho intramolecular Hbond substituents is 1. The predicted octanol–water partition coefficient (Wildman–Crippen LogP) is 3.95. The fourth-order valence-corrected chi connectivity index (χ4v) is 3.63. The number of aromatic nitrogens is 1. The molecule has 1 saturated heterocycles. The van der Waals surface area contributed by atoms with E-state index in [1.54, 1.807) is 7.11 Å². The molecule has 6 heteroatoms. The van der Waals surface area contributed by atoms with Gasteiger partial charge >= 0.3 is 5.97 Å². The Labute approximate surface area is 172 Å². The molecule has 0 saturated carbocycles. The number of hydrogen-bond acceptors (Lipinski definition) is 6. The highest BCUT2D eigenvalue weighted by Crippen LogP contribution is 2.32. The lowest BCUT2D eigenvalue weighted by Gasteiger charge is -2.38. The lowest BCUT2D eigenvalue weighted by molar-refractivity contribution is -0.165. The first-order chi connectivity index (χ1) is 13.7. The van der Waals surface area contributed by atoms with Gasteiger partial charge in [0, 0.05) is 25.8 Å². The summed E-state index contributed by atoms with van der Waals surface area (Å²) >= 11 is 0. The standard InChI is InChI=1S/C23H30N2O4/c1-15-8-6-9-16(21(15)26)18-10-7-11-20(24-18)25-13-12-17(19(14-25)28-5)22(27)29-23(2,3)4/h6-11,17,19,26H,12-14H2,1-5H3/t17-,19-/m0/s1. The number of carbonyl (C=O) groups excluding carboxylic acids is 1. The zero-order valence-electron chi connectivity index (χ0n) is 17.8. The molecule has 0 unspecified atom stereocenters. The highest BCUT2D eigenvalue weighted by atomic mass is 16.6. The molecule has 0 amide bonds. The first kappa shape index (κ1) is 21.1. The third-order valence-electron chi connectivity index (χ3n) is 5.14. The Bertz CT molecular complexity index is 875. The van der Waals surface area contributed by atoms with Crippen molar-refractivity contribution < 1.29 is 19.4 Å². The number of para-hydroxylation sites is 1. The van der Waals surface area contributed by atoms with Crippen molar-refractivity contribution in [1.29, 1.82) is 0 Å². The van der Waals surface area contributed by atoms with Gasteiger partial charge in [0.05, 0.1) is 17.7 Å². The van der Waals surface area contributed by atoms with E-state index in [-0.39, 0.29) is 23.7 Å². The average Bonchev–Trinajstić information content (AvgIpc) is 2.68. The fourth-order valence-electron chi connectivity index (χ4n) is 3.63. The second kappa shape index (κ2) is 8.41. The van der Waals surface area contributed by atoms with Crippen molar-refractivity contribution in [3.63, 3.8) is 0 Å². The van der Waals surface area contributed by atoms with Crippen LogP contribution in [0.15, 0.2) is 36.4 Å². The summed E-state index contributed by atoms with van der Waals surface area (Å²) in [5, 5.41) is 10.4. The van der Waals surface area contributed by atoms with Crippen molar-refractivity contribution in [3.8, 4) is 17.0 Å². The van der Waals surface area contributed by atoms with Gasteiger partial charge in [0.2, 0.25) is 0 Å². The monoisotopic (exact) mass is 398 g/mol. The first-order valence-electron chi connectivity index (χ1n) is 9.96. The second-order valence-corrected chi connectivity index (χ2v) is 8.50. The van der Waals surface area contributed by atoms with Crippen LogP contribution in [-0.2, 0) is 14.3 Å². The normalized spacial score (nSPS) is 19.8. The molecule has 2 aromatic rings. The van der Waals surface area contributed by atoms with Crippen molar-refractivity contribution in [2.75, 3.05) is 25.1 Å². The van der Waals surface area contributed by atoms with Crippen molar-refractivity contribution in [1.82, 2.24) is 4.98 Å². The number of rotatable bonds is 4. The van der Waals surface area contributed by atoms with Crippen LogP contribution in [0.5, 0.6) is 5.75 Å². The van der Waals surface area contributed by atoms with Crippen molar-refractivity contribution in [3.05, 3.63) is 42.0 Å². The second-order valence-electron chi connectivity index (χ2n) is 8.50. The van der Waals surface area contributed by atoms with E-state index in [4.69, 9.17) is 14.5 Å². The van der Waals surface area contributed by atoms with E-state index in [0.29, 0.717) is 30.8 Å². The van der Waals surface area contributed by atoms with Gasteiger partial charge in [-0.3, -0.25) is 4.79 Å². The van der Waals surface area contributed by atoms with Gasteiger partial charge in [0.15, 0.2) is 0 Å². The number of hydrogen-bond donors (Lipinski definition) is 1. The minimum atomic E-state index is -0.516. The third-order valence-corrected chi connectivity index (χ3v) is 5.14. The Balaban J connectivity index is 1.79. The molecular weight excluding hydrogens is 368 g/mol. The van der Waals surface area contributed by atoms with Crippen LogP contribution in [0.2, 0.25) is 0 Å². The topological polar surface area (TPSA) is 71.9 Å². The SMILES string of the molecule is CO[C@H]1CN(c2cccc(-c3cccc(C)c3O)n2)CC[C@@H]1C(=O)OC(C)(C)C. The molecular formula is C23H30N2O4. The largest absolute Gasteiger partial charge is 0.507 e. The summed E-state index contributed by atoms with van der Waals surface area (Å²) in [5.41, 5.74) is 1.72. The summed E-state index contributed by atoms with van der Waals surface area (Å²) in [6, 6.07) is 11.4. The van der Waals surface area contributed by atoms with Crippen LogP contribution in [0.1, 0.15) is 32.8 Å². The minimum absolute atomic E-state index is 0.213. The molecule has 0 radical (unpaired) electrons. The van der Waals surface area contributed by atoms with Crippen molar-refractivity contribution in [2.24, 2.45) is 5.92 Å². The zero-order valence-corrected chi connectivity index (χ0v) is 17.8.